The highest BCUT2D eigenvalue weighted by Crippen LogP contribution is 2.26. The molecule has 0 bridgehead atoms. The van der Waals surface area contributed by atoms with Gasteiger partial charge in [0.25, 0.3) is 5.91 Å². The quantitative estimate of drug-likeness (QED) is 0.617. The lowest BCUT2D eigenvalue weighted by atomic mass is 10.2. The van der Waals surface area contributed by atoms with E-state index in [0.717, 1.165) is 11.2 Å². The van der Waals surface area contributed by atoms with Crippen LogP contribution in [0.4, 0.5) is 4.39 Å². The minimum atomic E-state index is -0.643. The molecule has 1 aromatic carbocycles. The van der Waals surface area contributed by atoms with Crippen LogP contribution in [0.1, 0.15) is 16.1 Å². The zero-order valence-corrected chi connectivity index (χ0v) is 13.8. The summed E-state index contributed by atoms with van der Waals surface area (Å²) in [5.41, 5.74) is 7.78. The number of nitrogens with zero attached hydrogens (tertiary/aromatic N) is 4. The summed E-state index contributed by atoms with van der Waals surface area (Å²) in [4.78, 5) is 24.9. The van der Waals surface area contributed by atoms with Gasteiger partial charge in [0.1, 0.15) is 17.1 Å². The van der Waals surface area contributed by atoms with Crippen molar-refractivity contribution < 1.29 is 9.18 Å². The Kier molecular flexibility index (Phi) is 3.69. The van der Waals surface area contributed by atoms with Crippen LogP contribution in [0.2, 0.25) is 0 Å². The third-order valence-electron chi connectivity index (χ3n) is 4.09. The highest BCUT2D eigenvalue weighted by Gasteiger charge is 2.18. The van der Waals surface area contributed by atoms with E-state index in [1.54, 1.807) is 29.0 Å². The Hall–Kier alpha value is -3.61. The first kappa shape index (κ1) is 15.9. The van der Waals surface area contributed by atoms with Crippen molar-refractivity contribution >= 4 is 16.8 Å². The van der Waals surface area contributed by atoms with E-state index in [4.69, 9.17) is 5.73 Å². The number of fused-ring (bicyclic) bond motifs is 1. The van der Waals surface area contributed by atoms with Crippen LogP contribution in [0, 0.1) is 12.7 Å². The van der Waals surface area contributed by atoms with Crippen LogP contribution < -0.4 is 5.73 Å². The molecule has 0 unspecified atom stereocenters. The van der Waals surface area contributed by atoms with E-state index in [0.29, 0.717) is 22.7 Å². The van der Waals surface area contributed by atoms with Crippen LogP contribution in [0.3, 0.4) is 0 Å². The third-order valence-corrected chi connectivity index (χ3v) is 4.09. The Morgan fingerprint density at radius 1 is 1.15 bits per heavy atom. The highest BCUT2D eigenvalue weighted by molar-refractivity contribution is 5.97. The molecule has 4 aromatic rings. The van der Waals surface area contributed by atoms with Crippen molar-refractivity contribution in [1.29, 1.82) is 0 Å². The van der Waals surface area contributed by atoms with Crippen molar-refractivity contribution in [2.45, 2.75) is 6.92 Å². The molecule has 1 amide bonds. The molecule has 3 aromatic heterocycles. The Morgan fingerprint density at radius 2 is 2.00 bits per heavy atom. The van der Waals surface area contributed by atoms with Crippen LogP contribution in [0.15, 0.2) is 54.9 Å². The summed E-state index contributed by atoms with van der Waals surface area (Å²) in [6.07, 6.45) is 3.03. The Balaban J connectivity index is 2.01. The minimum absolute atomic E-state index is 0.176. The zero-order valence-electron chi connectivity index (χ0n) is 13.8. The normalized spacial score (nSPS) is 11.0. The molecule has 0 aliphatic rings. The molecule has 0 saturated heterocycles. The second-order valence-corrected chi connectivity index (χ2v) is 5.83. The molecule has 6 nitrogen and oxygen atoms in total. The monoisotopic (exact) mass is 347 g/mol. The lowest BCUT2D eigenvalue weighted by molar-refractivity contribution is 0.0999. The van der Waals surface area contributed by atoms with E-state index < -0.39 is 5.91 Å². The van der Waals surface area contributed by atoms with Gasteiger partial charge in [-0.15, -0.1) is 0 Å². The summed E-state index contributed by atoms with van der Waals surface area (Å²) in [6.45, 7) is 1.85. The maximum Gasteiger partial charge on any atom is 0.254 e. The van der Waals surface area contributed by atoms with E-state index in [1.165, 1.54) is 18.3 Å². The average Bonchev–Trinajstić information content (AvgIpc) is 2.96. The van der Waals surface area contributed by atoms with Gasteiger partial charge in [-0.1, -0.05) is 6.07 Å². The Labute approximate surface area is 148 Å². The number of carbonyl (C=O) groups excluding carboxylic acids is 1. The topological polar surface area (TPSA) is 86.7 Å². The van der Waals surface area contributed by atoms with Gasteiger partial charge in [0, 0.05) is 23.5 Å². The fourth-order valence-electron chi connectivity index (χ4n) is 2.94. The summed E-state index contributed by atoms with van der Waals surface area (Å²) in [6, 6.07) is 11.7. The summed E-state index contributed by atoms with van der Waals surface area (Å²) in [7, 11) is 0. The molecule has 0 atom stereocenters. The number of halogens is 1. The molecule has 0 spiro atoms. The molecule has 7 heteroatoms. The van der Waals surface area contributed by atoms with E-state index in [1.807, 2.05) is 19.1 Å². The van der Waals surface area contributed by atoms with Gasteiger partial charge in [0.15, 0.2) is 11.6 Å². The maximum atomic E-state index is 13.6. The number of hydrogen-bond donors (Lipinski definition) is 1. The fraction of sp³-hybridized carbons (Fsp3) is 0.0526. The van der Waals surface area contributed by atoms with Crippen LogP contribution in [-0.4, -0.2) is 25.4 Å². The van der Waals surface area contributed by atoms with Crippen molar-refractivity contribution in [2.24, 2.45) is 5.73 Å². The summed E-state index contributed by atoms with van der Waals surface area (Å²) in [5, 5.41) is 0.705. The van der Waals surface area contributed by atoms with Crippen molar-refractivity contribution in [1.82, 2.24) is 19.5 Å². The molecule has 128 valence electrons. The van der Waals surface area contributed by atoms with Crippen LogP contribution in [-0.2, 0) is 0 Å². The second-order valence-electron chi connectivity index (χ2n) is 5.83. The van der Waals surface area contributed by atoms with E-state index in [-0.39, 0.29) is 11.4 Å². The summed E-state index contributed by atoms with van der Waals surface area (Å²) < 4.78 is 15.3. The summed E-state index contributed by atoms with van der Waals surface area (Å²) in [5.74, 6) is -0.265. The first-order chi connectivity index (χ1) is 12.5. The van der Waals surface area contributed by atoms with Gasteiger partial charge < -0.3 is 5.73 Å². The predicted molar refractivity (Wildman–Crippen MR) is 95.3 cm³/mol. The van der Waals surface area contributed by atoms with Crippen molar-refractivity contribution in [2.75, 3.05) is 0 Å². The van der Waals surface area contributed by atoms with Crippen molar-refractivity contribution in [3.63, 3.8) is 0 Å². The van der Waals surface area contributed by atoms with Crippen molar-refractivity contribution in [3.8, 4) is 17.3 Å². The maximum absolute atomic E-state index is 13.6. The smallest absolute Gasteiger partial charge is 0.254 e. The number of aromatic nitrogens is 4. The van der Waals surface area contributed by atoms with E-state index in [2.05, 4.69) is 15.0 Å². The fourth-order valence-corrected chi connectivity index (χ4v) is 2.94. The number of aryl methyl sites for hydroxylation is 1. The Bertz CT molecular complexity index is 1140. The predicted octanol–water partition coefficient (Wildman–Crippen LogP) is 3.03. The van der Waals surface area contributed by atoms with Gasteiger partial charge in [-0.2, -0.15) is 0 Å². The van der Waals surface area contributed by atoms with Gasteiger partial charge in [-0.05, 0) is 43.3 Å². The molecular weight excluding hydrogens is 333 g/mol. The number of pyridine rings is 1. The van der Waals surface area contributed by atoms with Gasteiger partial charge in [-0.25, -0.2) is 14.4 Å². The molecule has 3 heterocycles. The van der Waals surface area contributed by atoms with Gasteiger partial charge in [-0.3, -0.25) is 14.3 Å². The lowest BCUT2D eigenvalue weighted by Crippen LogP contribution is -2.17. The lowest BCUT2D eigenvalue weighted by Gasteiger charge is -2.12. The molecule has 0 aliphatic carbocycles. The zero-order chi connectivity index (χ0) is 18.3. The number of hydrogen-bond acceptors (Lipinski definition) is 4. The molecule has 0 radical (unpaired) electrons. The van der Waals surface area contributed by atoms with Crippen LogP contribution >= 0.6 is 0 Å². The average molecular weight is 347 g/mol. The van der Waals surface area contributed by atoms with Crippen molar-refractivity contribution in [3.05, 3.63) is 71.9 Å². The number of nitrogens with two attached hydrogens (primary N) is 1. The molecule has 2 N–H and O–H groups in total. The number of amides is 1. The van der Waals surface area contributed by atoms with Gasteiger partial charge in [0.05, 0.1) is 5.52 Å². The van der Waals surface area contributed by atoms with Crippen LogP contribution in [0.25, 0.3) is 28.2 Å². The molecule has 4 rings (SSSR count). The summed E-state index contributed by atoms with van der Waals surface area (Å²) >= 11 is 0. The first-order valence-corrected chi connectivity index (χ1v) is 7.91. The first-order valence-electron chi connectivity index (χ1n) is 7.91. The number of carbonyl (C=O) groups is 1. The standard InChI is InChI=1S/C19H14FN5O/c1-11-8-12-9-13(20)5-6-16(12)25(11)19-14(17(21)26)10-23-18(24-19)15-4-2-3-7-22-15/h2-10H,1H3,(H2,21,26). The SMILES string of the molecule is Cc1cc2cc(F)ccc2n1-c1nc(-c2ccccn2)ncc1C(N)=O. The second kappa shape index (κ2) is 6.03. The van der Waals surface area contributed by atoms with Gasteiger partial charge in [0.2, 0.25) is 0 Å². The number of primary amides is 1. The molecule has 0 saturated carbocycles. The van der Waals surface area contributed by atoms with Crippen LogP contribution in [0.5, 0.6) is 0 Å². The molecule has 0 aliphatic heterocycles. The third kappa shape index (κ3) is 2.59. The number of benzene rings is 1. The minimum Gasteiger partial charge on any atom is -0.365 e. The molecule has 0 fully saturated rings. The largest absolute Gasteiger partial charge is 0.365 e. The number of rotatable bonds is 3. The molecule has 26 heavy (non-hydrogen) atoms. The van der Waals surface area contributed by atoms with Gasteiger partial charge >= 0.3 is 0 Å². The highest BCUT2D eigenvalue weighted by atomic mass is 19.1. The Morgan fingerprint density at radius 3 is 2.73 bits per heavy atom. The van der Waals surface area contributed by atoms with E-state index >= 15 is 0 Å². The van der Waals surface area contributed by atoms with E-state index in [9.17, 15) is 9.18 Å². The molecular formula is C19H14FN5O.